The maximum atomic E-state index is 10.8. The molecule has 0 aliphatic heterocycles. The van der Waals surface area contributed by atoms with E-state index in [0.29, 0.717) is 11.5 Å². The highest BCUT2D eigenvalue weighted by atomic mass is 16.1. The molecular weight excluding hydrogens is 280 g/mol. The van der Waals surface area contributed by atoms with Crippen molar-refractivity contribution in [3.05, 3.63) is 42.6 Å². The quantitative estimate of drug-likeness (QED) is 0.420. The van der Waals surface area contributed by atoms with Crippen LogP contribution in [0.15, 0.2) is 41.8 Å². The van der Waals surface area contributed by atoms with Gasteiger partial charge >= 0.3 is 0 Å². The summed E-state index contributed by atoms with van der Waals surface area (Å²) in [5, 5.41) is 0.794. The van der Waals surface area contributed by atoms with Crippen LogP contribution >= 0.6 is 0 Å². The molecule has 0 N–H and O–H groups in total. The number of fused-ring (bicyclic) bond motifs is 1. The Labute approximate surface area is 126 Å². The van der Waals surface area contributed by atoms with E-state index >= 15 is 0 Å². The first kappa shape index (κ1) is 13.9. The van der Waals surface area contributed by atoms with Gasteiger partial charge in [0.05, 0.1) is 12.1 Å². The van der Waals surface area contributed by atoms with E-state index in [2.05, 4.69) is 15.0 Å². The molecule has 2 aromatic heterocycles. The number of isocyanates is 1. The summed E-state index contributed by atoms with van der Waals surface area (Å²) in [4.78, 5) is 33.4. The third kappa shape index (κ3) is 2.43. The highest BCUT2D eigenvalue weighted by molar-refractivity contribution is 5.95. The van der Waals surface area contributed by atoms with Gasteiger partial charge < -0.3 is 9.36 Å². The Kier molecular flexibility index (Phi) is 3.60. The lowest BCUT2D eigenvalue weighted by atomic mass is 10.1. The lowest BCUT2D eigenvalue weighted by Gasteiger charge is -2.04. The first-order valence-electron chi connectivity index (χ1n) is 6.66. The van der Waals surface area contributed by atoms with Crippen molar-refractivity contribution >= 4 is 29.0 Å². The normalized spacial score (nSPS) is 10.4. The summed E-state index contributed by atoms with van der Waals surface area (Å²) in [6.45, 7) is 2.02. The fourth-order valence-corrected chi connectivity index (χ4v) is 2.36. The topological polar surface area (TPSA) is 77.2 Å². The van der Waals surface area contributed by atoms with Crippen molar-refractivity contribution in [1.82, 2.24) is 14.5 Å². The molecule has 3 aromatic rings. The summed E-state index contributed by atoms with van der Waals surface area (Å²) < 4.78 is 1.75. The standard InChI is InChI=1S/C16H12N4O2/c1-11-17-7-13(8-18-11)12-2-3-14-15(19-10-22)9-20(4-5-21)16(14)6-12/h2-3,5-9H,4H2,1H3. The Bertz CT molecular complexity index is 890. The summed E-state index contributed by atoms with van der Waals surface area (Å²) in [5.41, 5.74) is 3.13. The number of nitrogens with zero attached hydrogens (tertiary/aromatic N) is 4. The van der Waals surface area contributed by atoms with Crippen molar-refractivity contribution in [3.63, 3.8) is 0 Å². The van der Waals surface area contributed by atoms with Gasteiger partial charge in [0.15, 0.2) is 0 Å². The molecule has 2 heterocycles. The van der Waals surface area contributed by atoms with Gasteiger partial charge in [0, 0.05) is 29.5 Å². The predicted octanol–water partition coefficient (Wildman–Crippen LogP) is 2.57. The average Bonchev–Trinajstić information content (AvgIpc) is 2.86. The number of benzene rings is 1. The van der Waals surface area contributed by atoms with Crippen LogP contribution in [-0.4, -0.2) is 26.9 Å². The molecule has 0 saturated heterocycles. The van der Waals surface area contributed by atoms with E-state index in [1.54, 1.807) is 23.2 Å². The van der Waals surface area contributed by atoms with Crippen LogP contribution in [0.3, 0.4) is 0 Å². The minimum atomic E-state index is 0.193. The Hall–Kier alpha value is -3.11. The number of carbonyl (C=O) groups excluding carboxylic acids is 2. The number of rotatable bonds is 4. The summed E-state index contributed by atoms with van der Waals surface area (Å²) in [6, 6.07) is 5.70. The maximum absolute atomic E-state index is 10.8. The highest BCUT2D eigenvalue weighted by Crippen LogP contribution is 2.31. The lowest BCUT2D eigenvalue weighted by molar-refractivity contribution is -0.108. The maximum Gasteiger partial charge on any atom is 0.240 e. The van der Waals surface area contributed by atoms with Crippen LogP contribution in [-0.2, 0) is 16.1 Å². The van der Waals surface area contributed by atoms with Crippen molar-refractivity contribution in [2.45, 2.75) is 13.5 Å². The predicted molar refractivity (Wildman–Crippen MR) is 81.5 cm³/mol. The van der Waals surface area contributed by atoms with Crippen molar-refractivity contribution in [2.24, 2.45) is 4.99 Å². The van der Waals surface area contributed by atoms with E-state index < -0.39 is 0 Å². The summed E-state index contributed by atoms with van der Waals surface area (Å²) >= 11 is 0. The number of aldehydes is 1. The molecule has 0 aliphatic carbocycles. The second kappa shape index (κ2) is 5.71. The zero-order chi connectivity index (χ0) is 15.5. The van der Waals surface area contributed by atoms with Crippen LogP contribution in [0, 0.1) is 6.92 Å². The number of aryl methyl sites for hydroxylation is 1. The van der Waals surface area contributed by atoms with Crippen LogP contribution < -0.4 is 0 Å². The Morgan fingerprint density at radius 3 is 2.73 bits per heavy atom. The third-order valence-electron chi connectivity index (χ3n) is 3.41. The highest BCUT2D eigenvalue weighted by Gasteiger charge is 2.10. The molecule has 6 heteroatoms. The summed E-state index contributed by atoms with van der Waals surface area (Å²) in [6.07, 6.45) is 7.51. The molecule has 108 valence electrons. The molecule has 0 spiro atoms. The molecule has 6 nitrogen and oxygen atoms in total. The fraction of sp³-hybridized carbons (Fsp3) is 0.125. The number of aromatic nitrogens is 3. The molecule has 0 amide bonds. The number of aliphatic imine (C=N–C) groups is 1. The molecular formula is C16H12N4O2. The smallest absolute Gasteiger partial charge is 0.240 e. The molecule has 0 unspecified atom stereocenters. The van der Waals surface area contributed by atoms with Gasteiger partial charge in [0.1, 0.15) is 17.8 Å². The zero-order valence-electron chi connectivity index (χ0n) is 11.9. The van der Waals surface area contributed by atoms with Crippen LogP contribution in [0.5, 0.6) is 0 Å². The second-order valence-electron chi connectivity index (χ2n) is 4.79. The summed E-state index contributed by atoms with van der Waals surface area (Å²) in [5.74, 6) is 0.705. The molecule has 1 aromatic carbocycles. The van der Waals surface area contributed by atoms with E-state index in [9.17, 15) is 9.59 Å². The number of hydrogen-bond acceptors (Lipinski definition) is 5. The van der Waals surface area contributed by atoms with E-state index in [-0.39, 0.29) is 6.54 Å². The van der Waals surface area contributed by atoms with Gasteiger partial charge in [-0.2, -0.15) is 4.99 Å². The molecule has 0 fully saturated rings. The Morgan fingerprint density at radius 2 is 2.05 bits per heavy atom. The first-order chi connectivity index (χ1) is 10.7. The largest absolute Gasteiger partial charge is 0.338 e. The van der Waals surface area contributed by atoms with Gasteiger partial charge in [-0.25, -0.2) is 14.8 Å². The minimum absolute atomic E-state index is 0.193. The number of carbonyl (C=O) groups is 1. The van der Waals surface area contributed by atoms with Crippen LogP contribution in [0.2, 0.25) is 0 Å². The first-order valence-corrected chi connectivity index (χ1v) is 6.66. The Morgan fingerprint density at radius 1 is 1.27 bits per heavy atom. The van der Waals surface area contributed by atoms with Gasteiger partial charge in [0.2, 0.25) is 6.08 Å². The van der Waals surface area contributed by atoms with E-state index in [1.165, 1.54) is 6.08 Å². The van der Waals surface area contributed by atoms with Crippen molar-refractivity contribution in [2.75, 3.05) is 0 Å². The van der Waals surface area contributed by atoms with Crippen LogP contribution in [0.1, 0.15) is 5.82 Å². The van der Waals surface area contributed by atoms with Gasteiger partial charge in [-0.05, 0) is 18.6 Å². The van der Waals surface area contributed by atoms with Gasteiger partial charge in [0.25, 0.3) is 0 Å². The van der Waals surface area contributed by atoms with E-state index in [0.717, 1.165) is 28.3 Å². The van der Waals surface area contributed by atoms with Crippen molar-refractivity contribution < 1.29 is 9.59 Å². The molecule has 0 radical (unpaired) electrons. The molecule has 0 atom stereocenters. The SMILES string of the molecule is Cc1ncc(-c2ccc3c(N=C=O)cn(CC=O)c3c2)cn1. The molecule has 0 saturated carbocycles. The molecule has 3 rings (SSSR count). The molecule has 0 aliphatic rings. The fourth-order valence-electron chi connectivity index (χ4n) is 2.36. The van der Waals surface area contributed by atoms with Crippen molar-refractivity contribution in [1.29, 1.82) is 0 Å². The molecule has 22 heavy (non-hydrogen) atoms. The lowest BCUT2D eigenvalue weighted by Crippen LogP contribution is -1.96. The van der Waals surface area contributed by atoms with E-state index in [4.69, 9.17) is 0 Å². The van der Waals surface area contributed by atoms with Gasteiger partial charge in [-0.1, -0.05) is 12.1 Å². The monoisotopic (exact) mass is 292 g/mol. The number of hydrogen-bond donors (Lipinski definition) is 0. The van der Waals surface area contributed by atoms with Gasteiger partial charge in [-0.15, -0.1) is 0 Å². The third-order valence-corrected chi connectivity index (χ3v) is 3.41. The minimum Gasteiger partial charge on any atom is -0.338 e. The van der Waals surface area contributed by atoms with Crippen LogP contribution in [0.25, 0.3) is 22.0 Å². The molecule has 0 bridgehead atoms. The van der Waals surface area contributed by atoms with Crippen LogP contribution in [0.4, 0.5) is 5.69 Å². The van der Waals surface area contributed by atoms with Gasteiger partial charge in [-0.3, -0.25) is 0 Å². The summed E-state index contributed by atoms with van der Waals surface area (Å²) in [7, 11) is 0. The average molecular weight is 292 g/mol. The van der Waals surface area contributed by atoms with Crippen molar-refractivity contribution in [3.8, 4) is 11.1 Å². The second-order valence-corrected chi connectivity index (χ2v) is 4.79. The zero-order valence-corrected chi connectivity index (χ0v) is 11.9. The Balaban J connectivity index is 2.19. The van der Waals surface area contributed by atoms with E-state index in [1.807, 2.05) is 25.1 Å².